The predicted octanol–water partition coefficient (Wildman–Crippen LogP) is 2.63. The molecule has 0 spiro atoms. The number of nitrogens with one attached hydrogen (secondary N) is 2. The Hall–Kier alpha value is -3.21. The van der Waals surface area contributed by atoms with Crippen LogP contribution in [0.4, 0.5) is 0 Å². The van der Waals surface area contributed by atoms with Crippen LogP contribution in [0.2, 0.25) is 5.02 Å². The van der Waals surface area contributed by atoms with Crippen molar-refractivity contribution in [3.8, 4) is 5.69 Å². The molecule has 0 unspecified atom stereocenters. The molecular formula is C21H22ClN5O4S. The molecule has 0 aliphatic rings. The smallest absolute Gasteiger partial charge is 0.267 e. The number of sulfonamides is 1. The first-order chi connectivity index (χ1) is 15.3. The largest absolute Gasteiger partial charge is 0.272 e. The van der Waals surface area contributed by atoms with Gasteiger partial charge in [0.2, 0.25) is 10.0 Å². The molecule has 11 heteroatoms. The summed E-state index contributed by atoms with van der Waals surface area (Å²) in [7, 11) is -3.71. The Morgan fingerprint density at radius 2 is 1.66 bits per heavy atom. The van der Waals surface area contributed by atoms with Gasteiger partial charge >= 0.3 is 0 Å². The number of aromatic nitrogens is 2. The van der Waals surface area contributed by atoms with E-state index in [4.69, 9.17) is 11.6 Å². The molecule has 2 N–H and O–H groups in total. The standard InChI is InChI=1S/C21H22ClN5O4S/c1-3-26(4-2)32(30,31)17-9-7-8-15(12-17)20(28)24-25-21(29)16-13-23-27(14-16)19-11-6-5-10-18(19)22/h5-14H,3-4H2,1-2H3,(H,24,28)(H,25,29). The number of carbonyl (C=O) groups is 2. The van der Waals surface area contributed by atoms with Gasteiger partial charge in [-0.3, -0.25) is 20.4 Å². The summed E-state index contributed by atoms with van der Waals surface area (Å²) in [6.07, 6.45) is 2.81. The average Bonchev–Trinajstić information content (AvgIpc) is 3.28. The molecule has 0 fully saturated rings. The lowest BCUT2D eigenvalue weighted by Gasteiger charge is -2.18. The van der Waals surface area contributed by atoms with Crippen LogP contribution in [0.25, 0.3) is 5.69 Å². The highest BCUT2D eigenvalue weighted by Gasteiger charge is 2.22. The second-order valence-electron chi connectivity index (χ2n) is 6.65. The quantitative estimate of drug-likeness (QED) is 0.510. The number of nitrogens with zero attached hydrogens (tertiary/aromatic N) is 3. The van der Waals surface area contributed by atoms with Gasteiger partial charge in [0.25, 0.3) is 11.8 Å². The lowest BCUT2D eigenvalue weighted by molar-refractivity contribution is 0.0846. The van der Waals surface area contributed by atoms with Gasteiger partial charge in [0.1, 0.15) is 0 Å². The van der Waals surface area contributed by atoms with Gasteiger partial charge in [-0.2, -0.15) is 9.40 Å². The molecule has 0 bridgehead atoms. The summed E-state index contributed by atoms with van der Waals surface area (Å²) in [5, 5.41) is 4.58. The Morgan fingerprint density at radius 3 is 2.31 bits per heavy atom. The van der Waals surface area contributed by atoms with Crippen LogP contribution < -0.4 is 10.9 Å². The highest BCUT2D eigenvalue weighted by molar-refractivity contribution is 7.89. The molecule has 0 aliphatic carbocycles. The zero-order valence-corrected chi connectivity index (χ0v) is 19.0. The van der Waals surface area contributed by atoms with E-state index >= 15 is 0 Å². The number of carbonyl (C=O) groups excluding carboxylic acids is 2. The van der Waals surface area contributed by atoms with E-state index in [9.17, 15) is 18.0 Å². The normalized spacial score (nSPS) is 11.4. The molecular weight excluding hydrogens is 454 g/mol. The minimum absolute atomic E-state index is 0.00110. The molecule has 1 heterocycles. The highest BCUT2D eigenvalue weighted by Crippen LogP contribution is 2.19. The number of halogens is 1. The third-order valence-electron chi connectivity index (χ3n) is 4.67. The number of para-hydroxylation sites is 1. The monoisotopic (exact) mass is 475 g/mol. The molecule has 2 amide bonds. The second kappa shape index (κ2) is 9.94. The lowest BCUT2D eigenvalue weighted by Crippen LogP contribution is -2.41. The fraction of sp³-hybridized carbons (Fsp3) is 0.190. The first kappa shape index (κ1) is 23.5. The van der Waals surface area contributed by atoms with E-state index in [1.807, 2.05) is 0 Å². The van der Waals surface area contributed by atoms with Crippen LogP contribution in [0.15, 0.2) is 65.8 Å². The van der Waals surface area contributed by atoms with Gasteiger partial charge in [0.05, 0.1) is 27.4 Å². The third kappa shape index (κ3) is 4.98. The number of benzene rings is 2. The van der Waals surface area contributed by atoms with Crippen LogP contribution in [0.1, 0.15) is 34.6 Å². The Labute approximate surface area is 191 Å². The summed E-state index contributed by atoms with van der Waals surface area (Å²) in [4.78, 5) is 24.9. The molecule has 0 atom stereocenters. The average molecular weight is 476 g/mol. The molecule has 0 saturated carbocycles. The van der Waals surface area contributed by atoms with Crippen LogP contribution in [-0.2, 0) is 10.0 Å². The van der Waals surface area contributed by atoms with Crippen LogP contribution in [0.5, 0.6) is 0 Å². The summed E-state index contributed by atoms with van der Waals surface area (Å²) in [6, 6.07) is 12.6. The van der Waals surface area contributed by atoms with E-state index in [1.165, 1.54) is 45.6 Å². The Morgan fingerprint density at radius 1 is 1.00 bits per heavy atom. The van der Waals surface area contributed by atoms with Crippen molar-refractivity contribution in [2.45, 2.75) is 18.7 Å². The van der Waals surface area contributed by atoms with Gasteiger partial charge < -0.3 is 0 Å². The van der Waals surface area contributed by atoms with Crippen molar-refractivity contribution in [2.75, 3.05) is 13.1 Å². The topological polar surface area (TPSA) is 113 Å². The molecule has 32 heavy (non-hydrogen) atoms. The van der Waals surface area contributed by atoms with Crippen molar-refractivity contribution in [1.82, 2.24) is 24.9 Å². The van der Waals surface area contributed by atoms with Gasteiger partial charge in [0.15, 0.2) is 0 Å². The first-order valence-electron chi connectivity index (χ1n) is 9.78. The van der Waals surface area contributed by atoms with Gasteiger partial charge in [-0.05, 0) is 30.3 Å². The number of amides is 2. The van der Waals surface area contributed by atoms with Crippen molar-refractivity contribution < 1.29 is 18.0 Å². The van der Waals surface area contributed by atoms with Gasteiger partial charge in [0, 0.05) is 24.8 Å². The minimum Gasteiger partial charge on any atom is -0.267 e. The summed E-state index contributed by atoms with van der Waals surface area (Å²) >= 11 is 6.14. The van der Waals surface area contributed by atoms with Crippen LogP contribution >= 0.6 is 11.6 Å². The molecule has 3 rings (SSSR count). The van der Waals surface area contributed by atoms with E-state index < -0.39 is 21.8 Å². The summed E-state index contributed by atoms with van der Waals surface area (Å²) in [6.45, 7) is 4.10. The predicted molar refractivity (Wildman–Crippen MR) is 120 cm³/mol. The lowest BCUT2D eigenvalue weighted by atomic mass is 10.2. The molecule has 1 aromatic heterocycles. The van der Waals surface area contributed by atoms with Crippen molar-refractivity contribution in [1.29, 1.82) is 0 Å². The van der Waals surface area contributed by atoms with Crippen molar-refractivity contribution in [2.24, 2.45) is 0 Å². The van der Waals surface area contributed by atoms with E-state index in [1.54, 1.807) is 38.1 Å². The zero-order valence-electron chi connectivity index (χ0n) is 17.4. The van der Waals surface area contributed by atoms with E-state index in [0.29, 0.717) is 23.8 Å². The maximum Gasteiger partial charge on any atom is 0.272 e. The summed E-state index contributed by atoms with van der Waals surface area (Å²) < 4.78 is 28.1. The molecule has 168 valence electrons. The third-order valence-corrected chi connectivity index (χ3v) is 7.04. The van der Waals surface area contributed by atoms with Gasteiger partial charge in [-0.1, -0.05) is 43.6 Å². The highest BCUT2D eigenvalue weighted by atomic mass is 35.5. The Balaban J connectivity index is 1.69. The molecule has 9 nitrogen and oxygen atoms in total. The second-order valence-corrected chi connectivity index (χ2v) is 9.00. The maximum absolute atomic E-state index is 12.7. The Kier molecular flexibility index (Phi) is 7.29. The fourth-order valence-corrected chi connectivity index (χ4v) is 4.70. The first-order valence-corrected chi connectivity index (χ1v) is 11.6. The Bertz CT molecular complexity index is 1240. The van der Waals surface area contributed by atoms with Crippen molar-refractivity contribution in [3.05, 3.63) is 77.1 Å². The van der Waals surface area contributed by atoms with Crippen LogP contribution in [0, 0.1) is 0 Å². The van der Waals surface area contributed by atoms with E-state index in [-0.39, 0.29) is 16.0 Å². The minimum atomic E-state index is -3.71. The van der Waals surface area contributed by atoms with Crippen LogP contribution in [0.3, 0.4) is 0 Å². The SMILES string of the molecule is CCN(CC)S(=O)(=O)c1cccc(C(=O)NNC(=O)c2cnn(-c3ccccc3Cl)c2)c1. The van der Waals surface area contributed by atoms with E-state index in [0.717, 1.165) is 0 Å². The summed E-state index contributed by atoms with van der Waals surface area (Å²) in [5.41, 5.74) is 5.46. The maximum atomic E-state index is 12.7. The van der Waals surface area contributed by atoms with Gasteiger partial charge in [-0.15, -0.1) is 0 Å². The fourth-order valence-electron chi connectivity index (χ4n) is 2.98. The number of rotatable bonds is 7. The number of hydrazine groups is 1. The molecule has 0 aliphatic heterocycles. The zero-order chi connectivity index (χ0) is 23.3. The van der Waals surface area contributed by atoms with Gasteiger partial charge in [-0.25, -0.2) is 13.1 Å². The molecule has 0 saturated heterocycles. The van der Waals surface area contributed by atoms with Crippen LogP contribution in [-0.4, -0.2) is 47.4 Å². The number of hydrogen-bond donors (Lipinski definition) is 2. The van der Waals surface area contributed by atoms with Crippen molar-refractivity contribution >= 4 is 33.4 Å². The van der Waals surface area contributed by atoms with E-state index in [2.05, 4.69) is 16.0 Å². The molecule has 2 aromatic carbocycles. The number of hydrogen-bond acceptors (Lipinski definition) is 5. The molecule has 3 aromatic rings. The summed E-state index contributed by atoms with van der Waals surface area (Å²) in [5.74, 6) is -1.25. The van der Waals surface area contributed by atoms with Crippen molar-refractivity contribution in [3.63, 3.8) is 0 Å². The molecule has 0 radical (unpaired) electrons.